The lowest BCUT2D eigenvalue weighted by Crippen LogP contribution is -2.46. The number of fused-ring (bicyclic) bond motifs is 2. The molecule has 0 N–H and O–H groups in total. The van der Waals surface area contributed by atoms with Gasteiger partial charge in [-0.1, -0.05) is 12.1 Å². The van der Waals surface area contributed by atoms with Gasteiger partial charge in [0.2, 0.25) is 5.91 Å². The fourth-order valence-corrected chi connectivity index (χ4v) is 3.45. The van der Waals surface area contributed by atoms with Crippen LogP contribution in [0.2, 0.25) is 0 Å². The highest BCUT2D eigenvalue weighted by Crippen LogP contribution is 2.48. The molecule has 0 radical (unpaired) electrons. The van der Waals surface area contributed by atoms with Crippen LogP contribution in [0.15, 0.2) is 24.3 Å². The highest BCUT2D eigenvalue weighted by atomic mass is 16.5. The van der Waals surface area contributed by atoms with Crippen LogP contribution in [-0.2, 0) is 4.79 Å². The Kier molecular flexibility index (Phi) is 1.50. The molecule has 3 atom stereocenters. The molecule has 3 heteroatoms. The van der Waals surface area contributed by atoms with E-state index in [-0.39, 0.29) is 12.0 Å². The average molecular weight is 215 g/mol. The summed E-state index contributed by atoms with van der Waals surface area (Å²) < 4.78 is 5.99. The van der Waals surface area contributed by atoms with Crippen molar-refractivity contribution in [2.75, 3.05) is 4.90 Å². The van der Waals surface area contributed by atoms with Crippen molar-refractivity contribution in [1.29, 1.82) is 0 Å². The van der Waals surface area contributed by atoms with Crippen molar-refractivity contribution in [3.8, 4) is 5.75 Å². The van der Waals surface area contributed by atoms with Crippen LogP contribution in [0.5, 0.6) is 5.75 Å². The largest absolute Gasteiger partial charge is 0.486 e. The lowest BCUT2D eigenvalue weighted by Gasteiger charge is -2.36. The quantitative estimate of drug-likeness (QED) is 0.662. The third-order valence-electron chi connectivity index (χ3n) is 4.09. The average Bonchev–Trinajstić information content (AvgIpc) is 2.83. The van der Waals surface area contributed by atoms with E-state index in [1.807, 2.05) is 29.2 Å². The van der Waals surface area contributed by atoms with E-state index in [1.165, 1.54) is 0 Å². The van der Waals surface area contributed by atoms with Crippen LogP contribution in [0.1, 0.15) is 19.3 Å². The number of carbonyl (C=O) groups is 1. The minimum Gasteiger partial charge on any atom is -0.486 e. The zero-order valence-corrected chi connectivity index (χ0v) is 8.93. The van der Waals surface area contributed by atoms with Gasteiger partial charge in [0.1, 0.15) is 11.9 Å². The second-order valence-corrected chi connectivity index (χ2v) is 4.92. The van der Waals surface area contributed by atoms with E-state index >= 15 is 0 Å². The fraction of sp³-hybridized carbons (Fsp3) is 0.462. The molecule has 0 unspecified atom stereocenters. The first-order valence-corrected chi connectivity index (χ1v) is 5.92. The predicted octanol–water partition coefficient (Wildman–Crippen LogP) is 1.96. The Labute approximate surface area is 94.0 Å². The summed E-state index contributed by atoms with van der Waals surface area (Å²) in [6.45, 7) is 0. The summed E-state index contributed by atoms with van der Waals surface area (Å²) in [5.41, 5.74) is 0.971. The highest BCUT2D eigenvalue weighted by Gasteiger charge is 2.52. The summed E-state index contributed by atoms with van der Waals surface area (Å²) in [7, 11) is 0. The van der Waals surface area contributed by atoms with Gasteiger partial charge in [-0.05, 0) is 30.9 Å². The molecule has 1 aliphatic carbocycles. The maximum absolute atomic E-state index is 12.0. The van der Waals surface area contributed by atoms with Gasteiger partial charge in [-0.15, -0.1) is 0 Å². The third kappa shape index (κ3) is 0.913. The second-order valence-electron chi connectivity index (χ2n) is 4.92. The van der Waals surface area contributed by atoms with Gasteiger partial charge in [0.25, 0.3) is 0 Å². The van der Waals surface area contributed by atoms with E-state index in [9.17, 15) is 4.79 Å². The normalized spacial score (nSPS) is 34.6. The molecule has 16 heavy (non-hydrogen) atoms. The highest BCUT2D eigenvalue weighted by molar-refractivity contribution is 5.98. The van der Waals surface area contributed by atoms with Crippen molar-refractivity contribution in [2.24, 2.45) is 5.92 Å². The van der Waals surface area contributed by atoms with Crippen LogP contribution in [0.4, 0.5) is 5.69 Å². The number of hydrogen-bond donors (Lipinski definition) is 0. The summed E-state index contributed by atoms with van der Waals surface area (Å²) in [6, 6.07) is 8.20. The number of ether oxygens (including phenoxy) is 1. The van der Waals surface area contributed by atoms with Gasteiger partial charge < -0.3 is 9.64 Å². The van der Waals surface area contributed by atoms with Gasteiger partial charge in [0.05, 0.1) is 11.7 Å². The van der Waals surface area contributed by atoms with Gasteiger partial charge in [-0.3, -0.25) is 4.79 Å². The summed E-state index contributed by atoms with van der Waals surface area (Å²) in [4.78, 5) is 14.0. The van der Waals surface area contributed by atoms with Crippen LogP contribution in [0, 0.1) is 5.92 Å². The molecule has 2 fully saturated rings. The zero-order chi connectivity index (χ0) is 10.7. The van der Waals surface area contributed by atoms with Crippen molar-refractivity contribution < 1.29 is 9.53 Å². The van der Waals surface area contributed by atoms with E-state index in [4.69, 9.17) is 4.74 Å². The number of anilines is 1. The van der Waals surface area contributed by atoms with Crippen LogP contribution < -0.4 is 9.64 Å². The van der Waals surface area contributed by atoms with Crippen molar-refractivity contribution in [3.05, 3.63) is 24.3 Å². The van der Waals surface area contributed by atoms with Gasteiger partial charge in [-0.25, -0.2) is 0 Å². The monoisotopic (exact) mass is 215 g/mol. The maximum Gasteiger partial charge on any atom is 0.227 e. The van der Waals surface area contributed by atoms with Crippen LogP contribution in [0.25, 0.3) is 0 Å². The van der Waals surface area contributed by atoms with Crippen LogP contribution in [0.3, 0.4) is 0 Å². The number of rotatable bonds is 0. The first-order chi connectivity index (χ1) is 7.84. The van der Waals surface area contributed by atoms with E-state index in [1.54, 1.807) is 0 Å². The summed E-state index contributed by atoms with van der Waals surface area (Å²) in [6.07, 6.45) is 3.16. The molecule has 1 aromatic carbocycles. The van der Waals surface area contributed by atoms with E-state index < -0.39 is 0 Å². The maximum atomic E-state index is 12.0. The lowest BCUT2D eigenvalue weighted by molar-refractivity contribution is -0.117. The molecule has 2 aliphatic heterocycles. The molecule has 1 amide bonds. The minimum atomic E-state index is 0.228. The van der Waals surface area contributed by atoms with Crippen molar-refractivity contribution in [3.63, 3.8) is 0 Å². The standard InChI is InChI=1S/C13H13NO2/c15-12-7-8-5-6-11-13(8)14(12)9-3-1-2-4-10(9)16-11/h1-4,8,11,13H,5-7H2/t8-,11-,13+/m1/s1. The first-order valence-electron chi connectivity index (χ1n) is 5.92. The van der Waals surface area contributed by atoms with Gasteiger partial charge in [-0.2, -0.15) is 0 Å². The minimum absolute atomic E-state index is 0.228. The van der Waals surface area contributed by atoms with E-state index in [0.717, 1.165) is 24.3 Å². The molecule has 0 bridgehead atoms. The summed E-state index contributed by atoms with van der Waals surface area (Å²) >= 11 is 0. The molecule has 82 valence electrons. The molecule has 2 heterocycles. The molecule has 0 spiro atoms. The molecular formula is C13H13NO2. The summed E-state index contributed by atoms with van der Waals surface area (Å²) in [5.74, 6) is 1.67. The predicted molar refractivity (Wildman–Crippen MR) is 59.5 cm³/mol. The number of benzene rings is 1. The third-order valence-corrected chi connectivity index (χ3v) is 4.09. The molecule has 1 saturated carbocycles. The number of amides is 1. The number of carbonyl (C=O) groups excluding carboxylic acids is 1. The number of para-hydroxylation sites is 2. The number of hydrogen-bond acceptors (Lipinski definition) is 2. The lowest BCUT2D eigenvalue weighted by atomic mass is 10.0. The molecule has 1 saturated heterocycles. The van der Waals surface area contributed by atoms with Gasteiger partial charge in [0.15, 0.2) is 0 Å². The Morgan fingerprint density at radius 3 is 3.06 bits per heavy atom. The second kappa shape index (κ2) is 2.78. The SMILES string of the molecule is O=C1C[C@H]2CC[C@H]3Oc4ccccc4N1[C@@H]23. The van der Waals surface area contributed by atoms with E-state index in [0.29, 0.717) is 18.4 Å². The van der Waals surface area contributed by atoms with Crippen molar-refractivity contribution in [2.45, 2.75) is 31.4 Å². The molecular weight excluding hydrogens is 202 g/mol. The molecule has 1 aromatic rings. The molecule has 3 aliphatic rings. The summed E-state index contributed by atoms with van der Waals surface area (Å²) in [5, 5.41) is 0. The Hall–Kier alpha value is -1.51. The Bertz CT molecular complexity index is 471. The Morgan fingerprint density at radius 1 is 1.25 bits per heavy atom. The van der Waals surface area contributed by atoms with Crippen molar-refractivity contribution >= 4 is 11.6 Å². The Balaban J connectivity index is 1.90. The van der Waals surface area contributed by atoms with Crippen molar-refractivity contribution in [1.82, 2.24) is 0 Å². The molecule has 4 rings (SSSR count). The molecule has 3 nitrogen and oxygen atoms in total. The van der Waals surface area contributed by atoms with Crippen LogP contribution >= 0.6 is 0 Å². The zero-order valence-electron chi connectivity index (χ0n) is 8.93. The molecule has 0 aromatic heterocycles. The first kappa shape index (κ1) is 8.62. The van der Waals surface area contributed by atoms with E-state index in [2.05, 4.69) is 0 Å². The van der Waals surface area contributed by atoms with Gasteiger partial charge >= 0.3 is 0 Å². The fourth-order valence-electron chi connectivity index (χ4n) is 3.45. The van der Waals surface area contributed by atoms with Gasteiger partial charge in [0, 0.05) is 6.42 Å². The van der Waals surface area contributed by atoms with Crippen LogP contribution in [-0.4, -0.2) is 18.1 Å². The Morgan fingerprint density at radius 2 is 2.12 bits per heavy atom. The topological polar surface area (TPSA) is 29.5 Å². The number of nitrogens with zero attached hydrogens (tertiary/aromatic N) is 1. The smallest absolute Gasteiger partial charge is 0.227 e.